The van der Waals surface area contributed by atoms with Crippen molar-refractivity contribution in [3.8, 4) is 0 Å². The van der Waals surface area contributed by atoms with Crippen molar-refractivity contribution >= 4 is 33.5 Å². The SMILES string of the molecule is CN=C(NCc1ccccn1)NCc1ccc(Br)cc1Cl. The van der Waals surface area contributed by atoms with E-state index >= 15 is 0 Å². The first kappa shape index (κ1) is 15.8. The van der Waals surface area contributed by atoms with Crippen LogP contribution in [0.4, 0.5) is 0 Å². The Labute approximate surface area is 137 Å². The molecule has 0 saturated carbocycles. The monoisotopic (exact) mass is 366 g/mol. The number of aromatic nitrogens is 1. The van der Waals surface area contributed by atoms with Crippen LogP contribution < -0.4 is 10.6 Å². The molecule has 0 saturated heterocycles. The molecular weight excluding hydrogens is 352 g/mol. The van der Waals surface area contributed by atoms with Crippen LogP contribution in [0.15, 0.2) is 52.1 Å². The third kappa shape index (κ3) is 5.02. The first-order valence-electron chi connectivity index (χ1n) is 6.47. The van der Waals surface area contributed by atoms with E-state index in [0.717, 1.165) is 20.8 Å². The fraction of sp³-hybridized carbons (Fsp3) is 0.200. The largest absolute Gasteiger partial charge is 0.352 e. The number of nitrogens with zero attached hydrogens (tertiary/aromatic N) is 2. The molecule has 21 heavy (non-hydrogen) atoms. The lowest BCUT2D eigenvalue weighted by Gasteiger charge is -2.12. The zero-order valence-electron chi connectivity index (χ0n) is 11.6. The van der Waals surface area contributed by atoms with Crippen molar-refractivity contribution in [1.29, 1.82) is 0 Å². The molecule has 0 fully saturated rings. The standard InChI is InChI=1S/C15H16BrClN4/c1-18-15(21-10-13-4-2-3-7-19-13)20-9-11-5-6-12(16)8-14(11)17/h2-8H,9-10H2,1H3,(H2,18,20,21). The molecule has 0 spiro atoms. The van der Waals surface area contributed by atoms with Crippen LogP contribution in [0, 0.1) is 0 Å². The predicted octanol–water partition coefficient (Wildman–Crippen LogP) is 3.36. The Bertz CT molecular complexity index is 616. The van der Waals surface area contributed by atoms with Gasteiger partial charge >= 0.3 is 0 Å². The summed E-state index contributed by atoms with van der Waals surface area (Å²) in [7, 11) is 1.73. The maximum atomic E-state index is 6.19. The summed E-state index contributed by atoms with van der Waals surface area (Å²) in [6.45, 7) is 1.22. The Morgan fingerprint density at radius 3 is 2.71 bits per heavy atom. The highest BCUT2D eigenvalue weighted by molar-refractivity contribution is 9.10. The van der Waals surface area contributed by atoms with Crippen molar-refractivity contribution in [3.05, 3.63) is 63.3 Å². The fourth-order valence-corrected chi connectivity index (χ4v) is 2.48. The number of nitrogens with one attached hydrogen (secondary N) is 2. The molecule has 2 N–H and O–H groups in total. The molecule has 0 aliphatic heterocycles. The van der Waals surface area contributed by atoms with Gasteiger partial charge in [0.2, 0.25) is 0 Å². The summed E-state index contributed by atoms with van der Waals surface area (Å²) in [6.07, 6.45) is 1.77. The molecule has 1 heterocycles. The summed E-state index contributed by atoms with van der Waals surface area (Å²) >= 11 is 9.58. The van der Waals surface area contributed by atoms with Gasteiger partial charge in [-0.05, 0) is 29.8 Å². The van der Waals surface area contributed by atoms with E-state index in [1.54, 1.807) is 13.2 Å². The zero-order valence-corrected chi connectivity index (χ0v) is 13.9. The minimum Gasteiger partial charge on any atom is -0.352 e. The van der Waals surface area contributed by atoms with Gasteiger partial charge in [-0.3, -0.25) is 9.98 Å². The quantitative estimate of drug-likeness (QED) is 0.643. The van der Waals surface area contributed by atoms with Crippen molar-refractivity contribution in [1.82, 2.24) is 15.6 Å². The molecule has 110 valence electrons. The number of hydrogen-bond acceptors (Lipinski definition) is 2. The molecule has 4 nitrogen and oxygen atoms in total. The summed E-state index contributed by atoms with van der Waals surface area (Å²) in [5.74, 6) is 0.708. The van der Waals surface area contributed by atoms with Crippen LogP contribution in [0.25, 0.3) is 0 Å². The van der Waals surface area contributed by atoms with Crippen molar-refractivity contribution in [2.45, 2.75) is 13.1 Å². The van der Waals surface area contributed by atoms with E-state index in [9.17, 15) is 0 Å². The predicted molar refractivity (Wildman–Crippen MR) is 90.4 cm³/mol. The molecule has 0 aliphatic carbocycles. The van der Waals surface area contributed by atoms with Gasteiger partial charge < -0.3 is 10.6 Å². The number of rotatable bonds is 4. The second kappa shape index (κ2) is 8.00. The van der Waals surface area contributed by atoms with Crippen LogP contribution in [0.5, 0.6) is 0 Å². The topological polar surface area (TPSA) is 49.3 Å². The Hall–Kier alpha value is -1.59. The second-order valence-electron chi connectivity index (χ2n) is 4.34. The van der Waals surface area contributed by atoms with Gasteiger partial charge in [0.15, 0.2) is 5.96 Å². The van der Waals surface area contributed by atoms with Crippen LogP contribution >= 0.6 is 27.5 Å². The van der Waals surface area contributed by atoms with Gasteiger partial charge in [0.1, 0.15) is 0 Å². The lowest BCUT2D eigenvalue weighted by molar-refractivity contribution is 0.794. The third-order valence-corrected chi connectivity index (χ3v) is 3.69. The van der Waals surface area contributed by atoms with Crippen molar-refractivity contribution in [2.75, 3.05) is 7.05 Å². The molecular formula is C15H16BrClN4. The second-order valence-corrected chi connectivity index (χ2v) is 5.66. The van der Waals surface area contributed by atoms with Gasteiger partial charge in [0.05, 0.1) is 12.2 Å². The Balaban J connectivity index is 1.88. The zero-order chi connectivity index (χ0) is 15.1. The van der Waals surface area contributed by atoms with Gasteiger partial charge in [0.25, 0.3) is 0 Å². The van der Waals surface area contributed by atoms with Gasteiger partial charge in [-0.15, -0.1) is 0 Å². The Kier molecular flexibility index (Phi) is 6.02. The van der Waals surface area contributed by atoms with Crippen molar-refractivity contribution in [3.63, 3.8) is 0 Å². The number of aliphatic imine (C=N–C) groups is 1. The summed E-state index contributed by atoms with van der Waals surface area (Å²) in [4.78, 5) is 8.44. The minimum atomic E-state index is 0.605. The summed E-state index contributed by atoms with van der Waals surface area (Å²) < 4.78 is 0.967. The third-order valence-electron chi connectivity index (χ3n) is 2.85. The molecule has 0 aliphatic rings. The van der Waals surface area contributed by atoms with E-state index in [4.69, 9.17) is 11.6 Å². The van der Waals surface area contributed by atoms with Gasteiger partial charge in [-0.1, -0.05) is 39.7 Å². The lowest BCUT2D eigenvalue weighted by atomic mass is 10.2. The average molecular weight is 368 g/mol. The van der Waals surface area contributed by atoms with Crippen LogP contribution in [0.3, 0.4) is 0 Å². The first-order valence-corrected chi connectivity index (χ1v) is 7.64. The summed E-state index contributed by atoms with van der Waals surface area (Å²) in [6, 6.07) is 11.6. The number of benzene rings is 1. The first-order chi connectivity index (χ1) is 10.2. The smallest absolute Gasteiger partial charge is 0.191 e. The van der Waals surface area contributed by atoms with Crippen LogP contribution in [0.1, 0.15) is 11.3 Å². The molecule has 2 aromatic rings. The highest BCUT2D eigenvalue weighted by atomic mass is 79.9. The van der Waals surface area contributed by atoms with Gasteiger partial charge in [-0.25, -0.2) is 0 Å². The van der Waals surface area contributed by atoms with Crippen molar-refractivity contribution < 1.29 is 0 Å². The average Bonchev–Trinajstić information content (AvgIpc) is 2.50. The summed E-state index contributed by atoms with van der Waals surface area (Å²) in [5.41, 5.74) is 1.97. The van der Waals surface area contributed by atoms with E-state index in [-0.39, 0.29) is 0 Å². The molecule has 0 radical (unpaired) electrons. The van der Waals surface area contributed by atoms with Crippen LogP contribution in [-0.4, -0.2) is 18.0 Å². The molecule has 1 aromatic heterocycles. The molecule has 1 aromatic carbocycles. The maximum absolute atomic E-state index is 6.19. The van der Waals surface area contributed by atoms with Crippen LogP contribution in [0.2, 0.25) is 5.02 Å². The summed E-state index contributed by atoms with van der Waals surface area (Å²) in [5, 5.41) is 7.16. The molecule has 0 amide bonds. The lowest BCUT2D eigenvalue weighted by Crippen LogP contribution is -2.36. The Morgan fingerprint density at radius 2 is 2.05 bits per heavy atom. The van der Waals surface area contributed by atoms with E-state index in [1.165, 1.54) is 0 Å². The highest BCUT2D eigenvalue weighted by Gasteiger charge is 2.03. The van der Waals surface area contributed by atoms with Gasteiger partial charge in [-0.2, -0.15) is 0 Å². The van der Waals surface area contributed by atoms with E-state index in [0.29, 0.717) is 19.0 Å². The number of hydrogen-bond donors (Lipinski definition) is 2. The minimum absolute atomic E-state index is 0.605. The normalized spacial score (nSPS) is 11.3. The maximum Gasteiger partial charge on any atom is 0.191 e. The van der Waals surface area contributed by atoms with E-state index < -0.39 is 0 Å². The Morgan fingerprint density at radius 1 is 1.24 bits per heavy atom. The number of halogens is 2. The molecule has 2 rings (SSSR count). The van der Waals surface area contributed by atoms with E-state index in [2.05, 4.69) is 36.5 Å². The number of pyridine rings is 1. The van der Waals surface area contributed by atoms with Gasteiger partial charge in [0, 0.05) is 29.3 Å². The molecule has 0 bridgehead atoms. The molecule has 0 atom stereocenters. The van der Waals surface area contributed by atoms with Crippen LogP contribution in [-0.2, 0) is 13.1 Å². The number of guanidine groups is 1. The van der Waals surface area contributed by atoms with Crippen molar-refractivity contribution in [2.24, 2.45) is 4.99 Å². The van der Waals surface area contributed by atoms with E-state index in [1.807, 2.05) is 36.4 Å². The highest BCUT2D eigenvalue weighted by Crippen LogP contribution is 2.21. The molecule has 0 unspecified atom stereocenters. The molecule has 6 heteroatoms. The fourth-order valence-electron chi connectivity index (χ4n) is 1.74.